The van der Waals surface area contributed by atoms with Gasteiger partial charge in [0.1, 0.15) is 17.4 Å². The first-order valence-electron chi connectivity index (χ1n) is 10.3. The van der Waals surface area contributed by atoms with Gasteiger partial charge in [-0.15, -0.1) is 0 Å². The Balaban J connectivity index is 1.71. The summed E-state index contributed by atoms with van der Waals surface area (Å²) in [5, 5.41) is 15.3. The number of nitriles is 1. The monoisotopic (exact) mass is 615 g/mol. The molecular weight excluding hydrogens is 598 g/mol. The largest absolute Gasteiger partial charge is 0.481 e. The number of hydrogen-bond acceptors (Lipinski definition) is 4. The van der Waals surface area contributed by atoms with Crippen molar-refractivity contribution in [2.24, 2.45) is 0 Å². The third kappa shape index (κ3) is 6.95. The molecule has 0 saturated heterocycles. The lowest BCUT2D eigenvalue weighted by molar-refractivity contribution is -0.118. The lowest BCUT2D eigenvalue weighted by Gasteiger charge is -2.13. The van der Waals surface area contributed by atoms with E-state index >= 15 is 0 Å². The van der Waals surface area contributed by atoms with Gasteiger partial charge in [-0.05, 0) is 98.8 Å². The highest BCUT2D eigenvalue weighted by atomic mass is 79.9. The summed E-state index contributed by atoms with van der Waals surface area (Å²) in [6, 6.07) is 17.7. The predicted octanol–water partition coefficient (Wildman–Crippen LogP) is 7.05. The zero-order valence-electron chi connectivity index (χ0n) is 18.8. The first-order valence-corrected chi connectivity index (χ1v) is 12.3. The summed E-state index contributed by atoms with van der Waals surface area (Å²) in [7, 11) is 0. The quantitative estimate of drug-likeness (QED) is 0.220. The van der Waals surface area contributed by atoms with Crippen molar-refractivity contribution < 1.29 is 14.3 Å². The average molecular weight is 618 g/mol. The van der Waals surface area contributed by atoms with Gasteiger partial charge in [-0.3, -0.25) is 9.59 Å². The number of rotatable bonds is 7. The number of carbonyl (C=O) groups is 2. The van der Waals surface area contributed by atoms with E-state index < -0.39 is 5.91 Å². The Morgan fingerprint density at radius 3 is 2.34 bits per heavy atom. The van der Waals surface area contributed by atoms with Crippen LogP contribution in [-0.2, 0) is 9.59 Å². The SMILES string of the molecule is Cc1cccc(NC(=O)COc2c(Br)cc(/C=C(\C#N)C(=O)Nc3ccccc3Cl)cc2Br)c1C. The molecule has 6 nitrogen and oxygen atoms in total. The third-order valence-electron chi connectivity index (χ3n) is 5.05. The summed E-state index contributed by atoms with van der Waals surface area (Å²) in [6.07, 6.45) is 1.44. The lowest BCUT2D eigenvalue weighted by atomic mass is 10.1. The van der Waals surface area contributed by atoms with Crippen LogP contribution in [0.5, 0.6) is 5.75 Å². The molecule has 2 N–H and O–H groups in total. The summed E-state index contributed by atoms with van der Waals surface area (Å²) in [4.78, 5) is 25.0. The molecule has 0 atom stereocenters. The fourth-order valence-electron chi connectivity index (χ4n) is 3.08. The highest BCUT2D eigenvalue weighted by molar-refractivity contribution is 9.11. The predicted molar refractivity (Wildman–Crippen MR) is 146 cm³/mol. The Bertz CT molecular complexity index is 1340. The van der Waals surface area contributed by atoms with Gasteiger partial charge in [0.25, 0.3) is 11.8 Å². The minimum absolute atomic E-state index is 0.106. The number of benzene rings is 3. The number of amides is 2. The Morgan fingerprint density at radius 1 is 1.03 bits per heavy atom. The molecule has 0 saturated carbocycles. The average Bonchev–Trinajstić information content (AvgIpc) is 2.81. The van der Waals surface area contributed by atoms with Crippen LogP contribution in [-0.4, -0.2) is 18.4 Å². The Morgan fingerprint density at radius 2 is 1.69 bits per heavy atom. The molecule has 0 heterocycles. The number of carbonyl (C=O) groups excluding carboxylic acids is 2. The summed E-state index contributed by atoms with van der Waals surface area (Å²) in [5.41, 5.74) is 3.68. The molecule has 0 aliphatic carbocycles. The minimum Gasteiger partial charge on any atom is -0.481 e. The standard InChI is InChI=1S/C26H20Br2ClN3O3/c1-15-6-5-9-22(16(15)2)31-24(33)14-35-25-19(27)11-17(12-20(25)28)10-18(13-30)26(34)32-23-8-4-3-7-21(23)29/h3-12H,14H2,1-2H3,(H,31,33)(H,32,34)/b18-10+. The fraction of sp³-hybridized carbons (Fsp3) is 0.115. The number of halogens is 3. The molecule has 0 aliphatic rings. The van der Waals surface area contributed by atoms with E-state index in [1.165, 1.54) is 6.08 Å². The van der Waals surface area contributed by atoms with Gasteiger partial charge in [-0.2, -0.15) is 5.26 Å². The van der Waals surface area contributed by atoms with Crippen LogP contribution in [0.25, 0.3) is 6.08 Å². The van der Waals surface area contributed by atoms with Crippen LogP contribution in [0.1, 0.15) is 16.7 Å². The van der Waals surface area contributed by atoms with Crippen LogP contribution < -0.4 is 15.4 Å². The van der Waals surface area contributed by atoms with E-state index in [2.05, 4.69) is 42.5 Å². The normalized spacial score (nSPS) is 10.9. The van der Waals surface area contributed by atoms with Crippen LogP contribution in [0.15, 0.2) is 69.1 Å². The Hall–Kier alpha value is -3.12. The van der Waals surface area contributed by atoms with Gasteiger partial charge in [-0.1, -0.05) is 35.9 Å². The molecule has 9 heteroatoms. The number of nitrogens with zero attached hydrogens (tertiary/aromatic N) is 1. The molecule has 178 valence electrons. The molecule has 0 radical (unpaired) electrons. The van der Waals surface area contributed by atoms with Crippen LogP contribution in [0.3, 0.4) is 0 Å². The van der Waals surface area contributed by atoms with E-state index in [0.717, 1.165) is 16.8 Å². The highest BCUT2D eigenvalue weighted by Crippen LogP contribution is 2.35. The van der Waals surface area contributed by atoms with E-state index in [1.807, 2.05) is 38.1 Å². The van der Waals surface area contributed by atoms with Crippen molar-refractivity contribution in [1.82, 2.24) is 0 Å². The van der Waals surface area contributed by atoms with Crippen LogP contribution in [0, 0.1) is 25.2 Å². The molecule has 0 fully saturated rings. The van der Waals surface area contributed by atoms with E-state index in [4.69, 9.17) is 16.3 Å². The highest BCUT2D eigenvalue weighted by Gasteiger charge is 2.15. The van der Waals surface area contributed by atoms with Crippen molar-refractivity contribution in [2.75, 3.05) is 17.2 Å². The molecule has 0 aromatic heterocycles. The molecule has 35 heavy (non-hydrogen) atoms. The van der Waals surface area contributed by atoms with Crippen LogP contribution >= 0.6 is 43.5 Å². The topological polar surface area (TPSA) is 91.2 Å². The van der Waals surface area contributed by atoms with Gasteiger partial charge in [0, 0.05) is 5.69 Å². The summed E-state index contributed by atoms with van der Waals surface area (Å²) < 4.78 is 6.80. The number of hydrogen-bond donors (Lipinski definition) is 2. The van der Waals surface area contributed by atoms with Crippen molar-refractivity contribution in [3.8, 4) is 11.8 Å². The second kappa shape index (κ2) is 12.0. The number of nitrogens with one attached hydrogen (secondary N) is 2. The number of para-hydroxylation sites is 1. The van der Waals surface area contributed by atoms with Crippen molar-refractivity contribution in [2.45, 2.75) is 13.8 Å². The summed E-state index contributed by atoms with van der Waals surface area (Å²) >= 11 is 12.9. The van der Waals surface area contributed by atoms with Gasteiger partial charge in [0.05, 0.1) is 19.7 Å². The van der Waals surface area contributed by atoms with Gasteiger partial charge in [0.15, 0.2) is 6.61 Å². The van der Waals surface area contributed by atoms with E-state index in [9.17, 15) is 14.9 Å². The summed E-state index contributed by atoms with van der Waals surface area (Å²) in [5.74, 6) is -0.474. The van der Waals surface area contributed by atoms with Crippen molar-refractivity contribution in [3.63, 3.8) is 0 Å². The maximum Gasteiger partial charge on any atom is 0.266 e. The first kappa shape index (κ1) is 26.5. The third-order valence-corrected chi connectivity index (χ3v) is 6.55. The fourth-order valence-corrected chi connectivity index (χ4v) is 4.71. The number of ether oxygens (including phenoxy) is 1. The summed E-state index contributed by atoms with van der Waals surface area (Å²) in [6.45, 7) is 3.71. The zero-order chi connectivity index (χ0) is 25.5. The molecule has 0 unspecified atom stereocenters. The Labute approximate surface area is 225 Å². The van der Waals surface area contributed by atoms with E-state index in [0.29, 0.717) is 31.0 Å². The van der Waals surface area contributed by atoms with Crippen LogP contribution in [0.4, 0.5) is 11.4 Å². The maximum absolute atomic E-state index is 12.6. The lowest BCUT2D eigenvalue weighted by Crippen LogP contribution is -2.21. The van der Waals surface area contributed by atoms with Crippen molar-refractivity contribution in [1.29, 1.82) is 5.26 Å². The first-order chi connectivity index (χ1) is 16.7. The molecule has 3 aromatic rings. The minimum atomic E-state index is -0.587. The van der Waals surface area contributed by atoms with Crippen LogP contribution in [0.2, 0.25) is 5.02 Å². The smallest absolute Gasteiger partial charge is 0.266 e. The molecule has 3 aromatic carbocycles. The number of aryl methyl sites for hydroxylation is 1. The molecule has 3 rings (SSSR count). The molecule has 0 spiro atoms. The van der Waals surface area contributed by atoms with Gasteiger partial charge in [0.2, 0.25) is 0 Å². The maximum atomic E-state index is 12.6. The second-order valence-corrected chi connectivity index (χ2v) is 9.62. The van der Waals surface area contributed by atoms with E-state index in [1.54, 1.807) is 36.4 Å². The van der Waals surface area contributed by atoms with Gasteiger partial charge < -0.3 is 15.4 Å². The molecular formula is C26H20Br2ClN3O3. The second-order valence-electron chi connectivity index (χ2n) is 7.50. The zero-order valence-corrected chi connectivity index (χ0v) is 22.7. The van der Waals surface area contributed by atoms with Gasteiger partial charge >= 0.3 is 0 Å². The van der Waals surface area contributed by atoms with Crippen molar-refractivity contribution >= 4 is 72.7 Å². The molecule has 0 aliphatic heterocycles. The molecule has 2 amide bonds. The number of anilines is 2. The van der Waals surface area contributed by atoms with E-state index in [-0.39, 0.29) is 18.1 Å². The van der Waals surface area contributed by atoms with Gasteiger partial charge in [-0.25, -0.2) is 0 Å². The van der Waals surface area contributed by atoms with Crippen molar-refractivity contribution in [3.05, 3.63) is 90.8 Å². The Kier molecular flexibility index (Phi) is 9.10. The molecule has 0 bridgehead atoms.